The van der Waals surface area contributed by atoms with Gasteiger partial charge >= 0.3 is 11.9 Å². The third kappa shape index (κ3) is 6.41. The van der Waals surface area contributed by atoms with Crippen molar-refractivity contribution < 1.29 is 33.3 Å². The third-order valence-electron chi connectivity index (χ3n) is 3.95. The maximum atomic E-state index is 11.6. The van der Waals surface area contributed by atoms with Crippen molar-refractivity contribution in [3.8, 4) is 5.75 Å². The first-order valence-corrected chi connectivity index (χ1v) is 9.81. The highest BCUT2D eigenvalue weighted by molar-refractivity contribution is 7.99. The number of esters is 2. The van der Waals surface area contributed by atoms with Crippen molar-refractivity contribution in [3.63, 3.8) is 0 Å². The molecule has 27 heavy (non-hydrogen) atoms. The van der Waals surface area contributed by atoms with Gasteiger partial charge in [0.1, 0.15) is 30.0 Å². The Morgan fingerprint density at radius 3 is 2.37 bits per heavy atom. The molecule has 0 aliphatic carbocycles. The van der Waals surface area contributed by atoms with E-state index in [1.807, 2.05) is 31.2 Å². The topological polar surface area (TPSA) is 80.3 Å². The van der Waals surface area contributed by atoms with Crippen LogP contribution in [-0.2, 0) is 35.1 Å². The molecule has 0 aromatic heterocycles. The molecule has 1 aromatic carbocycles. The summed E-state index contributed by atoms with van der Waals surface area (Å²) in [7, 11) is 1.61. The predicted molar refractivity (Wildman–Crippen MR) is 101 cm³/mol. The Morgan fingerprint density at radius 1 is 1.11 bits per heavy atom. The lowest BCUT2D eigenvalue weighted by atomic mass is 10.1. The highest BCUT2D eigenvalue weighted by Gasteiger charge is 2.48. The summed E-state index contributed by atoms with van der Waals surface area (Å²) in [6.07, 6.45) is -1.69. The Morgan fingerprint density at radius 2 is 1.81 bits per heavy atom. The molecule has 1 fully saturated rings. The average Bonchev–Trinajstić information content (AvgIpc) is 2.95. The second kappa shape index (κ2) is 10.5. The standard InChI is InChI=1S/C19H26O7S/c1-5-27-19-18(24-10-14-6-8-15(22-4)9-7-14)17(25-13(3)21)16(26-19)11-23-12(2)20/h6-9,16-19H,5,10-11H2,1-4H3/t16-,17-,18+,19-/m1/s1. The lowest BCUT2D eigenvalue weighted by Crippen LogP contribution is -2.40. The molecular weight excluding hydrogens is 372 g/mol. The van der Waals surface area contributed by atoms with E-state index in [1.165, 1.54) is 13.8 Å². The van der Waals surface area contributed by atoms with Crippen LogP contribution in [-0.4, -0.2) is 55.2 Å². The lowest BCUT2D eigenvalue weighted by Gasteiger charge is -2.24. The minimum Gasteiger partial charge on any atom is -0.497 e. The predicted octanol–water partition coefficient (Wildman–Crippen LogP) is 2.55. The van der Waals surface area contributed by atoms with Gasteiger partial charge < -0.3 is 23.7 Å². The van der Waals surface area contributed by atoms with Crippen LogP contribution in [0.25, 0.3) is 0 Å². The van der Waals surface area contributed by atoms with Crippen molar-refractivity contribution in [3.05, 3.63) is 29.8 Å². The number of carbonyl (C=O) groups excluding carboxylic acids is 2. The van der Waals surface area contributed by atoms with Crippen molar-refractivity contribution in [1.29, 1.82) is 0 Å². The summed E-state index contributed by atoms with van der Waals surface area (Å²) >= 11 is 1.56. The monoisotopic (exact) mass is 398 g/mol. The first kappa shape index (κ1) is 21.5. The van der Waals surface area contributed by atoms with Crippen molar-refractivity contribution in [2.45, 2.75) is 51.1 Å². The van der Waals surface area contributed by atoms with E-state index in [1.54, 1.807) is 18.9 Å². The van der Waals surface area contributed by atoms with Gasteiger partial charge in [-0.3, -0.25) is 9.59 Å². The van der Waals surface area contributed by atoms with Crippen molar-refractivity contribution in [2.24, 2.45) is 0 Å². The number of carbonyl (C=O) groups is 2. The fourth-order valence-corrected chi connectivity index (χ4v) is 3.72. The molecule has 0 radical (unpaired) electrons. The zero-order chi connectivity index (χ0) is 19.8. The van der Waals surface area contributed by atoms with E-state index in [0.29, 0.717) is 6.61 Å². The Kier molecular flexibility index (Phi) is 8.40. The zero-order valence-electron chi connectivity index (χ0n) is 16.0. The van der Waals surface area contributed by atoms with Gasteiger partial charge in [-0.05, 0) is 23.4 Å². The Labute approximate surface area is 163 Å². The van der Waals surface area contributed by atoms with E-state index in [2.05, 4.69) is 0 Å². The molecule has 0 saturated carbocycles. The molecule has 4 atom stereocenters. The summed E-state index contributed by atoms with van der Waals surface area (Å²) in [5.41, 5.74) is 0.638. The molecular formula is C19H26O7S. The van der Waals surface area contributed by atoms with Gasteiger partial charge in [0.25, 0.3) is 0 Å². The van der Waals surface area contributed by atoms with Gasteiger partial charge in [0.2, 0.25) is 0 Å². The van der Waals surface area contributed by atoms with Crippen LogP contribution < -0.4 is 4.74 Å². The summed E-state index contributed by atoms with van der Waals surface area (Å²) in [5.74, 6) is 0.723. The number of rotatable bonds is 9. The van der Waals surface area contributed by atoms with E-state index in [-0.39, 0.29) is 12.0 Å². The summed E-state index contributed by atoms with van der Waals surface area (Å²) in [6, 6.07) is 7.53. The number of thioether (sulfide) groups is 1. The molecule has 1 aliphatic heterocycles. The fourth-order valence-electron chi connectivity index (χ4n) is 2.75. The lowest BCUT2D eigenvalue weighted by molar-refractivity contribution is -0.159. The second-order valence-electron chi connectivity index (χ2n) is 6.00. The SMILES string of the molecule is CCS[C@H]1O[C@H](COC(C)=O)[C@@H](OC(C)=O)[C@@H]1OCc1ccc(OC)cc1. The molecule has 1 aliphatic rings. The number of benzene rings is 1. The number of hydrogen-bond donors (Lipinski definition) is 0. The van der Waals surface area contributed by atoms with Crippen LogP contribution >= 0.6 is 11.8 Å². The molecule has 8 heteroatoms. The minimum absolute atomic E-state index is 0.0104. The smallest absolute Gasteiger partial charge is 0.303 e. The van der Waals surface area contributed by atoms with Crippen molar-refractivity contribution in [2.75, 3.05) is 19.5 Å². The van der Waals surface area contributed by atoms with Gasteiger partial charge in [-0.2, -0.15) is 0 Å². The molecule has 1 heterocycles. The summed E-state index contributed by atoms with van der Waals surface area (Å²) < 4.78 is 27.7. The van der Waals surface area contributed by atoms with E-state index >= 15 is 0 Å². The van der Waals surface area contributed by atoms with Crippen LogP contribution in [0.3, 0.4) is 0 Å². The molecule has 0 bridgehead atoms. The van der Waals surface area contributed by atoms with Gasteiger partial charge in [-0.1, -0.05) is 19.1 Å². The summed E-state index contributed by atoms with van der Waals surface area (Å²) in [4.78, 5) is 22.7. The molecule has 150 valence electrons. The highest BCUT2D eigenvalue weighted by Crippen LogP contribution is 2.34. The van der Waals surface area contributed by atoms with Gasteiger partial charge in [0.05, 0.1) is 13.7 Å². The molecule has 2 rings (SSSR count). The molecule has 1 aromatic rings. The number of hydrogen-bond acceptors (Lipinski definition) is 8. The second-order valence-corrected chi connectivity index (χ2v) is 7.37. The van der Waals surface area contributed by atoms with E-state index in [4.69, 9.17) is 23.7 Å². The summed E-state index contributed by atoms with van der Waals surface area (Å²) in [5, 5.41) is 0. The van der Waals surface area contributed by atoms with Gasteiger partial charge in [0.15, 0.2) is 6.10 Å². The van der Waals surface area contributed by atoms with Gasteiger partial charge in [0, 0.05) is 13.8 Å². The van der Waals surface area contributed by atoms with E-state index < -0.39 is 30.3 Å². The van der Waals surface area contributed by atoms with Crippen LogP contribution in [0.5, 0.6) is 5.75 Å². The van der Waals surface area contributed by atoms with Crippen LogP contribution in [0.1, 0.15) is 26.3 Å². The normalized spacial score (nSPS) is 24.4. The maximum absolute atomic E-state index is 11.6. The van der Waals surface area contributed by atoms with Crippen LogP contribution in [0, 0.1) is 0 Å². The average molecular weight is 398 g/mol. The number of ether oxygens (including phenoxy) is 5. The Hall–Kier alpha value is -1.77. The molecule has 0 spiro atoms. The van der Waals surface area contributed by atoms with Crippen LogP contribution in [0.4, 0.5) is 0 Å². The quantitative estimate of drug-likeness (QED) is 0.587. The molecule has 1 saturated heterocycles. The fraction of sp³-hybridized carbons (Fsp3) is 0.579. The Balaban J connectivity index is 2.10. The van der Waals surface area contributed by atoms with E-state index in [0.717, 1.165) is 17.1 Å². The molecule has 0 amide bonds. The molecule has 7 nitrogen and oxygen atoms in total. The van der Waals surface area contributed by atoms with Crippen LogP contribution in [0.15, 0.2) is 24.3 Å². The molecule has 0 unspecified atom stereocenters. The Bertz CT molecular complexity index is 619. The minimum atomic E-state index is -0.649. The first-order chi connectivity index (χ1) is 12.9. The first-order valence-electron chi connectivity index (χ1n) is 8.76. The van der Waals surface area contributed by atoms with Crippen molar-refractivity contribution >= 4 is 23.7 Å². The van der Waals surface area contributed by atoms with Crippen LogP contribution in [0.2, 0.25) is 0 Å². The zero-order valence-corrected chi connectivity index (χ0v) is 16.8. The summed E-state index contributed by atoms with van der Waals surface area (Å²) in [6.45, 7) is 5.01. The number of methoxy groups -OCH3 is 1. The maximum Gasteiger partial charge on any atom is 0.303 e. The van der Waals surface area contributed by atoms with Crippen molar-refractivity contribution in [1.82, 2.24) is 0 Å². The third-order valence-corrected chi connectivity index (χ3v) is 4.99. The highest BCUT2D eigenvalue weighted by atomic mass is 32.2. The van der Waals surface area contributed by atoms with Gasteiger partial charge in [-0.15, -0.1) is 11.8 Å². The largest absolute Gasteiger partial charge is 0.497 e. The molecule has 0 N–H and O–H groups in total. The van der Waals surface area contributed by atoms with E-state index in [9.17, 15) is 9.59 Å². The van der Waals surface area contributed by atoms with Gasteiger partial charge in [-0.25, -0.2) is 0 Å².